The standard InChI is InChI=1S/C12H19N5O2S3/c1-5-6-16-7-8(19-12(20)15(2)3)17(11(16)18)9-13-14-10(21-4)22-9/h8H,5-7H2,1-4H3. The van der Waals surface area contributed by atoms with Crippen LogP contribution in [-0.2, 0) is 4.74 Å². The van der Waals surface area contributed by atoms with Crippen LogP contribution in [0.15, 0.2) is 4.34 Å². The number of thioether (sulfide) groups is 1. The molecule has 2 rings (SSSR count). The molecule has 0 aliphatic carbocycles. The van der Waals surface area contributed by atoms with Crippen LogP contribution in [-0.4, -0.2) is 70.9 Å². The summed E-state index contributed by atoms with van der Waals surface area (Å²) >= 11 is 8.07. The highest BCUT2D eigenvalue weighted by atomic mass is 32.2. The van der Waals surface area contributed by atoms with Gasteiger partial charge in [0.15, 0.2) is 4.34 Å². The van der Waals surface area contributed by atoms with Gasteiger partial charge >= 0.3 is 6.03 Å². The maximum Gasteiger partial charge on any atom is 0.329 e. The summed E-state index contributed by atoms with van der Waals surface area (Å²) in [6.07, 6.45) is 2.34. The lowest BCUT2D eigenvalue weighted by Crippen LogP contribution is -2.39. The summed E-state index contributed by atoms with van der Waals surface area (Å²) < 4.78 is 6.59. The average Bonchev–Trinajstić information content (AvgIpc) is 3.05. The van der Waals surface area contributed by atoms with Gasteiger partial charge in [-0.2, -0.15) is 0 Å². The number of rotatable bonds is 5. The molecule has 2 amide bonds. The zero-order chi connectivity index (χ0) is 16.3. The molecule has 0 N–H and O–H groups in total. The Bertz CT molecular complexity index is 551. The zero-order valence-corrected chi connectivity index (χ0v) is 15.4. The van der Waals surface area contributed by atoms with E-state index in [2.05, 4.69) is 10.2 Å². The molecule has 0 spiro atoms. The topological polar surface area (TPSA) is 61.8 Å². The number of aromatic nitrogens is 2. The first-order valence-corrected chi connectivity index (χ1v) is 9.26. The summed E-state index contributed by atoms with van der Waals surface area (Å²) in [5.41, 5.74) is 0. The largest absolute Gasteiger partial charge is 0.444 e. The first kappa shape index (κ1) is 17.2. The molecule has 1 atom stereocenters. The van der Waals surface area contributed by atoms with E-state index in [9.17, 15) is 4.79 Å². The monoisotopic (exact) mass is 361 g/mol. The second kappa shape index (κ2) is 7.42. The second-order valence-electron chi connectivity index (χ2n) is 4.89. The number of urea groups is 1. The van der Waals surface area contributed by atoms with Gasteiger partial charge in [-0.15, -0.1) is 10.2 Å². The van der Waals surface area contributed by atoms with E-state index in [1.54, 1.807) is 14.7 Å². The number of nitrogens with zero attached hydrogens (tertiary/aromatic N) is 5. The smallest absolute Gasteiger partial charge is 0.329 e. The van der Waals surface area contributed by atoms with Crippen LogP contribution in [0.25, 0.3) is 0 Å². The van der Waals surface area contributed by atoms with Crippen molar-refractivity contribution in [3.05, 3.63) is 0 Å². The maximum atomic E-state index is 12.6. The van der Waals surface area contributed by atoms with Gasteiger partial charge in [-0.3, -0.25) is 0 Å². The third kappa shape index (κ3) is 3.61. The number of amides is 2. The predicted molar refractivity (Wildman–Crippen MR) is 92.6 cm³/mol. The Balaban J connectivity index is 2.23. The summed E-state index contributed by atoms with van der Waals surface area (Å²) in [6.45, 7) is 3.18. The van der Waals surface area contributed by atoms with Gasteiger partial charge in [0.2, 0.25) is 11.4 Å². The summed E-state index contributed by atoms with van der Waals surface area (Å²) in [6, 6.07) is -0.114. The van der Waals surface area contributed by atoms with Crippen LogP contribution < -0.4 is 4.90 Å². The van der Waals surface area contributed by atoms with E-state index in [0.717, 1.165) is 10.8 Å². The molecule has 1 aromatic heterocycles. The molecular weight excluding hydrogens is 342 g/mol. The van der Waals surface area contributed by atoms with Gasteiger partial charge < -0.3 is 14.5 Å². The number of anilines is 1. The van der Waals surface area contributed by atoms with Crippen LogP contribution in [0.3, 0.4) is 0 Å². The molecule has 7 nitrogen and oxygen atoms in total. The number of ether oxygens (including phenoxy) is 1. The molecule has 1 saturated heterocycles. The zero-order valence-electron chi connectivity index (χ0n) is 13.0. The lowest BCUT2D eigenvalue weighted by Gasteiger charge is -2.23. The van der Waals surface area contributed by atoms with Crippen LogP contribution in [0.4, 0.5) is 9.93 Å². The van der Waals surface area contributed by atoms with Crippen LogP contribution in [0.5, 0.6) is 0 Å². The fourth-order valence-corrected chi connectivity index (χ4v) is 3.38. The number of hydrogen-bond donors (Lipinski definition) is 0. The van der Waals surface area contributed by atoms with Crippen molar-refractivity contribution in [1.82, 2.24) is 20.0 Å². The summed E-state index contributed by atoms with van der Waals surface area (Å²) in [4.78, 5) is 17.6. The molecule has 1 aliphatic heterocycles. The van der Waals surface area contributed by atoms with Crippen molar-refractivity contribution in [1.29, 1.82) is 0 Å². The minimum absolute atomic E-state index is 0.114. The molecule has 22 heavy (non-hydrogen) atoms. The van der Waals surface area contributed by atoms with Gasteiger partial charge in [0, 0.05) is 20.6 Å². The molecule has 0 saturated carbocycles. The first-order chi connectivity index (χ1) is 10.5. The Hall–Kier alpha value is -1.13. The summed E-state index contributed by atoms with van der Waals surface area (Å²) in [5, 5.41) is 9.04. The predicted octanol–water partition coefficient (Wildman–Crippen LogP) is 2.10. The first-order valence-electron chi connectivity index (χ1n) is 6.81. The van der Waals surface area contributed by atoms with Crippen molar-refractivity contribution in [3.8, 4) is 0 Å². The fraction of sp³-hybridized carbons (Fsp3) is 0.667. The van der Waals surface area contributed by atoms with Gasteiger partial charge in [-0.05, 0) is 24.9 Å². The molecule has 0 radical (unpaired) electrons. The highest BCUT2D eigenvalue weighted by molar-refractivity contribution is 8.00. The average molecular weight is 362 g/mol. The number of carbonyl (C=O) groups excluding carboxylic acids is 1. The maximum absolute atomic E-state index is 12.6. The molecule has 122 valence electrons. The molecule has 1 fully saturated rings. The van der Waals surface area contributed by atoms with Gasteiger partial charge in [-0.25, -0.2) is 9.69 Å². The van der Waals surface area contributed by atoms with Crippen LogP contribution in [0.2, 0.25) is 0 Å². The van der Waals surface area contributed by atoms with E-state index in [1.807, 2.05) is 27.3 Å². The number of carbonyl (C=O) groups is 1. The minimum atomic E-state index is -0.475. The van der Waals surface area contributed by atoms with Crippen molar-refractivity contribution in [3.63, 3.8) is 0 Å². The quantitative estimate of drug-likeness (QED) is 0.452. The van der Waals surface area contributed by atoms with Crippen LogP contribution >= 0.6 is 35.3 Å². The second-order valence-corrected chi connectivity index (χ2v) is 7.24. The summed E-state index contributed by atoms with van der Waals surface area (Å²) in [7, 11) is 3.62. The van der Waals surface area contributed by atoms with Gasteiger partial charge in [0.05, 0.1) is 6.54 Å². The summed E-state index contributed by atoms with van der Waals surface area (Å²) in [5.74, 6) is 0. The molecule has 1 aliphatic rings. The number of hydrogen-bond acceptors (Lipinski definition) is 7. The molecular formula is C12H19N5O2S3. The van der Waals surface area contributed by atoms with E-state index in [4.69, 9.17) is 17.0 Å². The lowest BCUT2D eigenvalue weighted by molar-refractivity contribution is 0.170. The van der Waals surface area contributed by atoms with E-state index < -0.39 is 6.23 Å². The normalized spacial score (nSPS) is 18.0. The molecule has 1 unspecified atom stereocenters. The molecule has 0 bridgehead atoms. The Morgan fingerprint density at radius 3 is 2.82 bits per heavy atom. The van der Waals surface area contributed by atoms with Gasteiger partial charge in [0.25, 0.3) is 5.17 Å². The highest BCUT2D eigenvalue weighted by Crippen LogP contribution is 2.31. The van der Waals surface area contributed by atoms with E-state index in [0.29, 0.717) is 23.4 Å². The Labute approximate surface area is 143 Å². The molecule has 1 aromatic rings. The fourth-order valence-electron chi connectivity index (χ4n) is 1.98. The third-order valence-corrected chi connectivity index (χ3v) is 5.37. The van der Waals surface area contributed by atoms with E-state index >= 15 is 0 Å². The van der Waals surface area contributed by atoms with Crippen molar-refractivity contribution in [2.75, 3.05) is 38.3 Å². The Kier molecular flexibility index (Phi) is 5.81. The van der Waals surface area contributed by atoms with Crippen molar-refractivity contribution < 1.29 is 9.53 Å². The highest BCUT2D eigenvalue weighted by Gasteiger charge is 2.41. The molecule has 10 heteroatoms. The third-order valence-electron chi connectivity index (χ3n) is 3.01. The minimum Gasteiger partial charge on any atom is -0.444 e. The van der Waals surface area contributed by atoms with Crippen molar-refractivity contribution >= 4 is 51.7 Å². The Morgan fingerprint density at radius 2 is 2.27 bits per heavy atom. The van der Waals surface area contributed by atoms with Crippen LogP contribution in [0, 0.1) is 0 Å². The van der Waals surface area contributed by atoms with Crippen molar-refractivity contribution in [2.45, 2.75) is 23.9 Å². The van der Waals surface area contributed by atoms with E-state index in [-0.39, 0.29) is 6.03 Å². The number of thiocarbonyl (C=S) groups is 1. The molecule has 0 aromatic carbocycles. The van der Waals surface area contributed by atoms with Gasteiger partial charge in [-0.1, -0.05) is 30.0 Å². The van der Waals surface area contributed by atoms with E-state index in [1.165, 1.54) is 23.1 Å². The van der Waals surface area contributed by atoms with Crippen LogP contribution in [0.1, 0.15) is 13.3 Å². The molecule has 2 heterocycles. The lowest BCUT2D eigenvalue weighted by atomic mass is 10.4. The Morgan fingerprint density at radius 1 is 1.55 bits per heavy atom. The van der Waals surface area contributed by atoms with Gasteiger partial charge in [0.1, 0.15) is 0 Å². The SMILES string of the molecule is CCCN1CC(OC(=S)N(C)C)N(c2nnc(SC)s2)C1=O. The van der Waals surface area contributed by atoms with Crippen molar-refractivity contribution in [2.24, 2.45) is 0 Å².